The van der Waals surface area contributed by atoms with E-state index in [1.807, 2.05) is 61.5 Å². The number of nitrogens with zero attached hydrogens (tertiary/aromatic N) is 4. The Morgan fingerprint density at radius 3 is 2.47 bits per heavy atom. The first kappa shape index (κ1) is 19.7. The Kier molecular flexibility index (Phi) is 5.79. The Morgan fingerprint density at radius 2 is 1.73 bits per heavy atom. The fraction of sp³-hybridized carbons (Fsp3) is 0.261. The molecule has 1 aromatic heterocycles. The predicted octanol–water partition coefficient (Wildman–Crippen LogP) is 4.19. The molecule has 2 aromatic carbocycles. The molecule has 1 amide bonds. The van der Waals surface area contributed by atoms with Crippen LogP contribution in [-0.2, 0) is 0 Å². The van der Waals surface area contributed by atoms with E-state index in [1.165, 1.54) is 0 Å². The molecule has 7 nitrogen and oxygen atoms in total. The highest BCUT2D eigenvalue weighted by atomic mass is 16.5. The number of rotatable bonds is 6. The summed E-state index contributed by atoms with van der Waals surface area (Å²) in [6.45, 7) is 1.92. The van der Waals surface area contributed by atoms with Crippen LogP contribution in [0, 0.1) is 0 Å². The summed E-state index contributed by atoms with van der Waals surface area (Å²) < 4.78 is 5.92. The van der Waals surface area contributed by atoms with E-state index in [1.54, 1.807) is 18.3 Å². The van der Waals surface area contributed by atoms with Crippen LogP contribution in [0.3, 0.4) is 0 Å². The van der Waals surface area contributed by atoms with Gasteiger partial charge in [-0.3, -0.25) is 4.79 Å². The molecule has 0 atom stereocenters. The molecule has 0 aliphatic carbocycles. The molecular weight excluding hydrogens is 378 g/mol. The smallest absolute Gasteiger partial charge is 0.259 e. The van der Waals surface area contributed by atoms with Gasteiger partial charge in [-0.2, -0.15) is 4.98 Å². The van der Waals surface area contributed by atoms with Gasteiger partial charge in [-0.25, -0.2) is 4.98 Å². The van der Waals surface area contributed by atoms with Gasteiger partial charge in [-0.15, -0.1) is 0 Å². The number of nitrogens with one attached hydrogen (secondary N) is 1. The van der Waals surface area contributed by atoms with Crippen molar-refractivity contribution in [2.75, 3.05) is 42.3 Å². The lowest BCUT2D eigenvalue weighted by Crippen LogP contribution is -2.24. The van der Waals surface area contributed by atoms with Gasteiger partial charge in [0.15, 0.2) is 5.82 Å². The Labute approximate surface area is 176 Å². The van der Waals surface area contributed by atoms with Crippen molar-refractivity contribution in [1.82, 2.24) is 9.97 Å². The van der Waals surface area contributed by atoms with Crippen molar-refractivity contribution in [3.8, 4) is 11.5 Å². The van der Waals surface area contributed by atoms with Crippen molar-refractivity contribution in [3.63, 3.8) is 0 Å². The van der Waals surface area contributed by atoms with Crippen LogP contribution < -0.4 is 19.9 Å². The number of amides is 1. The fourth-order valence-corrected chi connectivity index (χ4v) is 3.41. The maximum atomic E-state index is 13.1. The summed E-state index contributed by atoms with van der Waals surface area (Å²) in [6.07, 6.45) is 3.98. The second-order valence-corrected chi connectivity index (χ2v) is 7.36. The number of benzene rings is 2. The van der Waals surface area contributed by atoms with E-state index in [4.69, 9.17) is 4.74 Å². The van der Waals surface area contributed by atoms with Gasteiger partial charge in [0.1, 0.15) is 17.2 Å². The van der Waals surface area contributed by atoms with Crippen molar-refractivity contribution in [2.24, 2.45) is 0 Å². The molecule has 2 heterocycles. The molecule has 4 rings (SSSR count). The largest absolute Gasteiger partial charge is 0.457 e. The molecule has 0 radical (unpaired) electrons. The van der Waals surface area contributed by atoms with Gasteiger partial charge in [0.25, 0.3) is 5.91 Å². The third-order valence-electron chi connectivity index (χ3n) is 4.92. The average molecular weight is 403 g/mol. The first-order valence-electron chi connectivity index (χ1n) is 10.0. The van der Waals surface area contributed by atoms with E-state index >= 15 is 0 Å². The molecule has 3 aromatic rings. The minimum Gasteiger partial charge on any atom is -0.457 e. The number of carbonyl (C=O) groups is 1. The van der Waals surface area contributed by atoms with Gasteiger partial charge < -0.3 is 19.9 Å². The quantitative estimate of drug-likeness (QED) is 0.666. The molecule has 1 N–H and O–H groups in total. The number of anilines is 3. The van der Waals surface area contributed by atoms with E-state index in [-0.39, 0.29) is 5.91 Å². The van der Waals surface area contributed by atoms with Crippen molar-refractivity contribution < 1.29 is 9.53 Å². The number of carbonyl (C=O) groups excluding carboxylic acids is 1. The zero-order valence-electron chi connectivity index (χ0n) is 17.2. The molecule has 1 fully saturated rings. The van der Waals surface area contributed by atoms with Crippen LogP contribution in [0.5, 0.6) is 11.5 Å². The summed E-state index contributed by atoms with van der Waals surface area (Å²) in [4.78, 5) is 26.3. The van der Waals surface area contributed by atoms with Gasteiger partial charge in [-0.1, -0.05) is 30.3 Å². The third kappa shape index (κ3) is 4.35. The predicted molar refractivity (Wildman–Crippen MR) is 119 cm³/mol. The van der Waals surface area contributed by atoms with Gasteiger partial charge >= 0.3 is 0 Å². The first-order valence-corrected chi connectivity index (χ1v) is 10.0. The van der Waals surface area contributed by atoms with E-state index < -0.39 is 0 Å². The molecule has 0 bridgehead atoms. The maximum Gasteiger partial charge on any atom is 0.259 e. The van der Waals surface area contributed by atoms with Gasteiger partial charge in [0.05, 0.1) is 11.8 Å². The van der Waals surface area contributed by atoms with Gasteiger partial charge in [0.2, 0.25) is 5.95 Å². The van der Waals surface area contributed by atoms with E-state index in [0.29, 0.717) is 34.5 Å². The third-order valence-corrected chi connectivity index (χ3v) is 4.92. The van der Waals surface area contributed by atoms with Gasteiger partial charge in [-0.05, 0) is 37.1 Å². The van der Waals surface area contributed by atoms with Crippen LogP contribution in [-0.4, -0.2) is 43.1 Å². The summed E-state index contributed by atoms with van der Waals surface area (Å²) in [6, 6.07) is 16.6. The van der Waals surface area contributed by atoms with Crippen molar-refractivity contribution >= 4 is 23.4 Å². The van der Waals surface area contributed by atoms with Crippen LogP contribution >= 0.6 is 0 Å². The number of ether oxygens (including phenoxy) is 1. The Hall–Kier alpha value is -3.61. The molecule has 1 saturated heterocycles. The normalized spacial score (nSPS) is 13.2. The summed E-state index contributed by atoms with van der Waals surface area (Å²) >= 11 is 0. The number of aromatic nitrogens is 2. The zero-order valence-corrected chi connectivity index (χ0v) is 17.2. The van der Waals surface area contributed by atoms with E-state index in [2.05, 4.69) is 20.2 Å². The minimum atomic E-state index is -0.276. The Balaban J connectivity index is 1.58. The number of hydrogen-bond acceptors (Lipinski definition) is 6. The zero-order chi connectivity index (χ0) is 20.9. The summed E-state index contributed by atoms with van der Waals surface area (Å²) in [5.41, 5.74) is 0.997. The Bertz CT molecular complexity index is 1020. The minimum absolute atomic E-state index is 0.276. The molecule has 30 heavy (non-hydrogen) atoms. The monoisotopic (exact) mass is 403 g/mol. The lowest BCUT2D eigenvalue weighted by molar-refractivity contribution is 0.102. The van der Waals surface area contributed by atoms with Crippen LogP contribution in [0.15, 0.2) is 60.8 Å². The number of hydrogen-bond donors (Lipinski definition) is 1. The van der Waals surface area contributed by atoms with Crippen LogP contribution in [0.25, 0.3) is 0 Å². The topological polar surface area (TPSA) is 70.6 Å². The highest BCUT2D eigenvalue weighted by Crippen LogP contribution is 2.29. The van der Waals surface area contributed by atoms with Crippen LogP contribution in [0.2, 0.25) is 0 Å². The molecular formula is C23H25N5O2. The molecule has 0 unspecified atom stereocenters. The number of para-hydroxylation sites is 2. The average Bonchev–Trinajstić information content (AvgIpc) is 3.30. The first-order chi connectivity index (χ1) is 14.6. The molecule has 1 aliphatic rings. The standard InChI is InChI=1S/C23H25N5O2/c1-27(2)21-19(16-24-23(26-21)28-14-8-9-15-28)25-22(29)18-12-6-7-13-20(18)30-17-10-4-3-5-11-17/h3-7,10-13,16H,8-9,14-15H2,1-2H3,(H,25,29). The van der Waals surface area contributed by atoms with Crippen molar-refractivity contribution in [1.29, 1.82) is 0 Å². The van der Waals surface area contributed by atoms with Crippen LogP contribution in [0.4, 0.5) is 17.5 Å². The molecule has 0 spiro atoms. The molecule has 7 heteroatoms. The van der Waals surface area contributed by atoms with Crippen molar-refractivity contribution in [2.45, 2.75) is 12.8 Å². The summed E-state index contributed by atoms with van der Waals surface area (Å²) in [5.74, 6) is 2.25. The van der Waals surface area contributed by atoms with Crippen molar-refractivity contribution in [3.05, 3.63) is 66.4 Å². The lowest BCUT2D eigenvalue weighted by atomic mass is 10.2. The maximum absolute atomic E-state index is 13.1. The fourth-order valence-electron chi connectivity index (χ4n) is 3.41. The second-order valence-electron chi connectivity index (χ2n) is 7.36. The Morgan fingerprint density at radius 1 is 1.03 bits per heavy atom. The SMILES string of the molecule is CN(C)c1nc(N2CCCC2)ncc1NC(=O)c1ccccc1Oc1ccccc1. The highest BCUT2D eigenvalue weighted by Gasteiger charge is 2.20. The summed E-state index contributed by atoms with van der Waals surface area (Å²) in [5, 5.41) is 2.95. The highest BCUT2D eigenvalue weighted by molar-refractivity contribution is 6.07. The van der Waals surface area contributed by atoms with Gasteiger partial charge in [0, 0.05) is 27.2 Å². The van der Waals surface area contributed by atoms with E-state index in [0.717, 1.165) is 25.9 Å². The second kappa shape index (κ2) is 8.82. The molecule has 0 saturated carbocycles. The van der Waals surface area contributed by atoms with Crippen LogP contribution in [0.1, 0.15) is 23.2 Å². The lowest BCUT2D eigenvalue weighted by Gasteiger charge is -2.21. The molecule has 154 valence electrons. The van der Waals surface area contributed by atoms with E-state index in [9.17, 15) is 4.79 Å². The molecule has 1 aliphatic heterocycles. The summed E-state index contributed by atoms with van der Waals surface area (Å²) in [7, 11) is 3.80.